The van der Waals surface area contributed by atoms with Crippen molar-refractivity contribution in [2.24, 2.45) is 0 Å². The van der Waals surface area contributed by atoms with Gasteiger partial charge in [-0.3, -0.25) is 0 Å². The average Bonchev–Trinajstić information content (AvgIpc) is 3.13. The van der Waals surface area contributed by atoms with Crippen molar-refractivity contribution < 1.29 is 4.42 Å². The first kappa shape index (κ1) is 14.3. The van der Waals surface area contributed by atoms with E-state index in [-0.39, 0.29) is 0 Å². The number of hydrogen-bond acceptors (Lipinski definition) is 1. The van der Waals surface area contributed by atoms with E-state index in [9.17, 15) is 0 Å². The molecule has 1 aliphatic rings. The van der Waals surface area contributed by atoms with Crippen LogP contribution in [0.4, 0.5) is 0 Å². The molecule has 114 valence electrons. The Kier molecular flexibility index (Phi) is 3.39. The monoisotopic (exact) mass is 320 g/mol. The molecule has 0 fully saturated rings. The molecule has 0 radical (unpaired) electrons. The summed E-state index contributed by atoms with van der Waals surface area (Å²) in [4.78, 5) is 0. The first-order chi connectivity index (χ1) is 11.1. The van der Waals surface area contributed by atoms with Crippen LogP contribution in [-0.2, 0) is 6.42 Å². The number of rotatable bonds is 2. The third-order valence-electron chi connectivity index (χ3n) is 4.41. The van der Waals surface area contributed by atoms with Crippen LogP contribution in [0.1, 0.15) is 28.2 Å². The highest BCUT2D eigenvalue weighted by molar-refractivity contribution is 6.30. The Morgan fingerprint density at radius 2 is 1.87 bits per heavy atom. The van der Waals surface area contributed by atoms with Gasteiger partial charge in [0, 0.05) is 11.4 Å². The van der Waals surface area contributed by atoms with Crippen LogP contribution in [0.15, 0.2) is 52.9 Å². The number of allylic oxidation sites excluding steroid dienone is 1. The molecule has 0 aliphatic heterocycles. The fourth-order valence-electron chi connectivity index (χ4n) is 3.31. The van der Waals surface area contributed by atoms with Crippen molar-refractivity contribution in [3.63, 3.8) is 0 Å². The zero-order chi connectivity index (χ0) is 16.0. The summed E-state index contributed by atoms with van der Waals surface area (Å²) in [7, 11) is 0. The van der Waals surface area contributed by atoms with Crippen molar-refractivity contribution in [2.75, 3.05) is 0 Å². The van der Waals surface area contributed by atoms with Gasteiger partial charge >= 0.3 is 0 Å². The van der Waals surface area contributed by atoms with E-state index in [1.807, 2.05) is 31.2 Å². The maximum absolute atomic E-state index is 6.19. The van der Waals surface area contributed by atoms with Crippen LogP contribution in [0.3, 0.4) is 0 Å². The average molecular weight is 321 g/mol. The van der Waals surface area contributed by atoms with Gasteiger partial charge in [0.05, 0.1) is 0 Å². The molecule has 0 bridgehead atoms. The molecule has 1 heterocycles. The van der Waals surface area contributed by atoms with Crippen LogP contribution >= 0.6 is 11.6 Å². The van der Waals surface area contributed by atoms with Gasteiger partial charge in [0.1, 0.15) is 11.5 Å². The maximum Gasteiger partial charge on any atom is 0.130 e. The number of fused-ring (bicyclic) bond motifs is 1. The molecule has 3 aromatic rings. The van der Waals surface area contributed by atoms with Gasteiger partial charge in [0.25, 0.3) is 0 Å². The molecule has 2 heteroatoms. The second-order valence-electron chi connectivity index (χ2n) is 6.10. The molecule has 0 atom stereocenters. The van der Waals surface area contributed by atoms with Gasteiger partial charge in [-0.15, -0.1) is 0 Å². The van der Waals surface area contributed by atoms with Gasteiger partial charge in [-0.25, -0.2) is 0 Å². The van der Waals surface area contributed by atoms with Gasteiger partial charge in [0.2, 0.25) is 0 Å². The third kappa shape index (κ3) is 2.51. The smallest absolute Gasteiger partial charge is 0.130 e. The van der Waals surface area contributed by atoms with Gasteiger partial charge in [0.15, 0.2) is 0 Å². The number of halogens is 1. The minimum absolute atomic E-state index is 0.767. The molecule has 0 amide bonds. The molecule has 1 nitrogen and oxygen atoms in total. The molecule has 23 heavy (non-hydrogen) atoms. The highest BCUT2D eigenvalue weighted by Crippen LogP contribution is 2.40. The summed E-state index contributed by atoms with van der Waals surface area (Å²) in [5.74, 6) is 1.91. The lowest BCUT2D eigenvalue weighted by molar-refractivity contribution is 0.521. The molecule has 4 rings (SSSR count). The van der Waals surface area contributed by atoms with Crippen molar-refractivity contribution in [3.8, 4) is 11.1 Å². The standard InChI is InChI=1S/C21H17ClO/c1-13-6-8-15-10-17(20-9-7-14(2)23-20)12-19(15)21(13)16-4-3-5-18(22)11-16/h3-9,11-12H,10H2,1-2H3. The van der Waals surface area contributed by atoms with Crippen LogP contribution in [0.5, 0.6) is 0 Å². The van der Waals surface area contributed by atoms with Gasteiger partial charge < -0.3 is 4.42 Å². The van der Waals surface area contributed by atoms with E-state index in [0.717, 1.165) is 23.0 Å². The second kappa shape index (κ2) is 5.43. The molecular formula is C21H17ClO. The Labute approximate surface area is 141 Å². The highest BCUT2D eigenvalue weighted by atomic mass is 35.5. The Morgan fingerprint density at radius 3 is 2.61 bits per heavy atom. The van der Waals surface area contributed by atoms with Crippen LogP contribution < -0.4 is 0 Å². The normalized spacial score (nSPS) is 13.1. The topological polar surface area (TPSA) is 13.1 Å². The van der Waals surface area contributed by atoms with Crippen LogP contribution in [0.25, 0.3) is 22.8 Å². The van der Waals surface area contributed by atoms with Crippen molar-refractivity contribution in [1.82, 2.24) is 0 Å². The van der Waals surface area contributed by atoms with Crippen molar-refractivity contribution in [1.29, 1.82) is 0 Å². The summed E-state index contributed by atoms with van der Waals surface area (Å²) in [6, 6.07) is 16.6. The summed E-state index contributed by atoms with van der Waals surface area (Å²) >= 11 is 6.19. The first-order valence-corrected chi connectivity index (χ1v) is 8.15. The molecule has 2 aromatic carbocycles. The van der Waals surface area contributed by atoms with E-state index in [1.165, 1.54) is 33.4 Å². The molecule has 0 saturated carbocycles. The van der Waals surface area contributed by atoms with Gasteiger partial charge in [-0.05, 0) is 77.6 Å². The molecule has 0 spiro atoms. The summed E-state index contributed by atoms with van der Waals surface area (Å²) in [6.45, 7) is 4.13. The first-order valence-electron chi connectivity index (χ1n) is 7.77. The Hall–Kier alpha value is -2.25. The predicted molar refractivity (Wildman–Crippen MR) is 96.6 cm³/mol. The SMILES string of the molecule is Cc1ccc(C2=Cc3c(ccc(C)c3-c3cccc(Cl)c3)C2)o1. The van der Waals surface area contributed by atoms with Gasteiger partial charge in [-0.2, -0.15) is 0 Å². The van der Waals surface area contributed by atoms with Gasteiger partial charge in [-0.1, -0.05) is 35.9 Å². The molecule has 1 aliphatic carbocycles. The third-order valence-corrected chi connectivity index (χ3v) is 4.65. The lowest BCUT2D eigenvalue weighted by Gasteiger charge is -2.12. The van der Waals surface area contributed by atoms with Crippen molar-refractivity contribution in [2.45, 2.75) is 20.3 Å². The lowest BCUT2D eigenvalue weighted by atomic mass is 9.93. The quantitative estimate of drug-likeness (QED) is 0.539. The summed E-state index contributed by atoms with van der Waals surface area (Å²) in [5.41, 5.74) is 7.57. The van der Waals surface area contributed by atoms with E-state index in [2.05, 4.69) is 37.3 Å². The summed E-state index contributed by atoms with van der Waals surface area (Å²) < 4.78 is 5.80. The predicted octanol–water partition coefficient (Wildman–Crippen LogP) is 6.31. The molecule has 0 saturated heterocycles. The fourth-order valence-corrected chi connectivity index (χ4v) is 3.50. The number of benzene rings is 2. The van der Waals surface area contributed by atoms with Crippen molar-refractivity contribution >= 4 is 23.3 Å². The zero-order valence-electron chi connectivity index (χ0n) is 13.2. The highest BCUT2D eigenvalue weighted by Gasteiger charge is 2.21. The van der Waals surface area contributed by atoms with E-state index >= 15 is 0 Å². The lowest BCUT2D eigenvalue weighted by Crippen LogP contribution is -1.91. The Balaban J connectivity index is 1.87. The molecule has 1 aromatic heterocycles. The van der Waals surface area contributed by atoms with Crippen LogP contribution in [0.2, 0.25) is 5.02 Å². The van der Waals surface area contributed by atoms with Crippen LogP contribution in [0, 0.1) is 13.8 Å². The molecule has 0 unspecified atom stereocenters. The minimum atomic E-state index is 0.767. The minimum Gasteiger partial charge on any atom is -0.462 e. The molecular weight excluding hydrogens is 304 g/mol. The zero-order valence-corrected chi connectivity index (χ0v) is 13.9. The maximum atomic E-state index is 6.19. The summed E-state index contributed by atoms with van der Waals surface area (Å²) in [6.07, 6.45) is 3.17. The van der Waals surface area contributed by atoms with E-state index in [4.69, 9.17) is 16.0 Å². The number of aryl methyl sites for hydroxylation is 2. The second-order valence-corrected chi connectivity index (χ2v) is 6.53. The van der Waals surface area contributed by atoms with Crippen molar-refractivity contribution in [3.05, 3.63) is 81.8 Å². The molecule has 0 N–H and O–H groups in total. The van der Waals surface area contributed by atoms with E-state index in [1.54, 1.807) is 0 Å². The number of hydrogen-bond donors (Lipinski definition) is 0. The fraction of sp³-hybridized carbons (Fsp3) is 0.143. The van der Waals surface area contributed by atoms with Crippen LogP contribution in [-0.4, -0.2) is 0 Å². The number of furan rings is 1. The summed E-state index contributed by atoms with van der Waals surface area (Å²) in [5, 5.41) is 0.767. The Morgan fingerprint density at radius 1 is 1.00 bits per heavy atom. The van der Waals surface area contributed by atoms with E-state index < -0.39 is 0 Å². The largest absolute Gasteiger partial charge is 0.462 e. The Bertz CT molecular complexity index is 931. The van der Waals surface area contributed by atoms with E-state index in [0.29, 0.717) is 0 Å².